The average Bonchev–Trinajstić information content (AvgIpc) is 2.79. The molecule has 0 aliphatic heterocycles. The molecule has 0 aromatic carbocycles. The molecule has 2 N–H and O–H groups in total. The topological polar surface area (TPSA) is 152 Å². The molecule has 0 saturated carbocycles. The molecule has 10 nitrogen and oxygen atoms in total. The van der Waals surface area contributed by atoms with Gasteiger partial charge < -0.3 is 33.6 Å². The second kappa shape index (κ2) is 20.4. The second-order valence-electron chi connectivity index (χ2n) is 8.00. The highest BCUT2D eigenvalue weighted by atomic mass is 31.2. The number of carbonyl (C=O) groups excluding carboxylic acids is 2. The summed E-state index contributed by atoms with van der Waals surface area (Å²) in [5, 5.41) is 17.9. The van der Waals surface area contributed by atoms with Gasteiger partial charge in [-0.3, -0.25) is 14.2 Å². The van der Waals surface area contributed by atoms with E-state index in [-0.39, 0.29) is 19.4 Å². The monoisotopic (exact) mass is 497 g/mol. The molecular formula is C22H42O10P-. The van der Waals surface area contributed by atoms with Gasteiger partial charge in [-0.1, -0.05) is 65.2 Å². The lowest BCUT2D eigenvalue weighted by molar-refractivity contribution is -0.230. The largest absolute Gasteiger partial charge is 0.756 e. The lowest BCUT2D eigenvalue weighted by Crippen LogP contribution is -2.30. The first-order valence-electron chi connectivity index (χ1n) is 12.0. The minimum Gasteiger partial charge on any atom is -0.756 e. The number of rotatable bonds is 22. The Morgan fingerprint density at radius 3 is 1.88 bits per heavy atom. The van der Waals surface area contributed by atoms with E-state index in [2.05, 4.69) is 18.4 Å². The molecule has 0 saturated heterocycles. The van der Waals surface area contributed by atoms with E-state index in [0.717, 1.165) is 51.4 Å². The van der Waals surface area contributed by atoms with Crippen LogP contribution in [0.5, 0.6) is 0 Å². The number of phosphoric ester groups is 1. The number of hydrogen-bond acceptors (Lipinski definition) is 10. The molecule has 0 aliphatic rings. The average molecular weight is 498 g/mol. The lowest BCUT2D eigenvalue weighted by atomic mass is 10.1. The molecular weight excluding hydrogens is 455 g/mol. The van der Waals surface area contributed by atoms with Crippen molar-refractivity contribution in [2.45, 2.75) is 103 Å². The Kier molecular flexibility index (Phi) is 19.7. The zero-order valence-corrected chi connectivity index (χ0v) is 21.0. The molecule has 2 unspecified atom stereocenters. The van der Waals surface area contributed by atoms with E-state index >= 15 is 0 Å². The number of phosphoric acid groups is 1. The molecule has 3 atom stereocenters. The maximum atomic E-state index is 12.1. The van der Waals surface area contributed by atoms with Crippen molar-refractivity contribution in [3.8, 4) is 0 Å². The minimum atomic E-state index is -4.82. The van der Waals surface area contributed by atoms with Crippen molar-refractivity contribution in [1.29, 1.82) is 0 Å². The van der Waals surface area contributed by atoms with Crippen LogP contribution in [-0.4, -0.2) is 60.8 Å². The van der Waals surface area contributed by atoms with Crippen LogP contribution in [0.2, 0.25) is 0 Å². The second-order valence-corrected chi connectivity index (χ2v) is 9.41. The first kappa shape index (κ1) is 32.0. The van der Waals surface area contributed by atoms with Crippen LogP contribution >= 0.6 is 7.82 Å². The van der Waals surface area contributed by atoms with Crippen LogP contribution in [0.25, 0.3) is 0 Å². The van der Waals surface area contributed by atoms with Crippen LogP contribution in [0.15, 0.2) is 0 Å². The molecule has 0 heterocycles. The van der Waals surface area contributed by atoms with Crippen molar-refractivity contribution in [3.63, 3.8) is 0 Å². The fourth-order valence-electron chi connectivity index (χ4n) is 2.81. The molecule has 33 heavy (non-hydrogen) atoms. The third kappa shape index (κ3) is 20.1. The zero-order chi connectivity index (χ0) is 25.0. The van der Waals surface area contributed by atoms with E-state index < -0.39 is 51.8 Å². The molecule has 0 aliphatic carbocycles. The highest BCUT2D eigenvalue weighted by Crippen LogP contribution is 2.38. The van der Waals surface area contributed by atoms with Gasteiger partial charge in [0.2, 0.25) is 0 Å². The Bertz CT molecular complexity index is 557. The number of aliphatic hydroxyl groups excluding tert-OH is 2. The summed E-state index contributed by atoms with van der Waals surface area (Å²) in [4.78, 5) is 35.9. The molecule has 0 bridgehead atoms. The van der Waals surface area contributed by atoms with Crippen molar-refractivity contribution in [2.24, 2.45) is 0 Å². The van der Waals surface area contributed by atoms with E-state index in [1.807, 2.05) is 0 Å². The van der Waals surface area contributed by atoms with Gasteiger partial charge in [0.05, 0.1) is 19.8 Å². The summed E-state index contributed by atoms with van der Waals surface area (Å²) in [5.74, 6) is -0.993. The van der Waals surface area contributed by atoms with Crippen LogP contribution in [0.3, 0.4) is 0 Å². The van der Waals surface area contributed by atoms with E-state index in [0.29, 0.717) is 12.8 Å². The van der Waals surface area contributed by atoms with Crippen molar-refractivity contribution in [2.75, 3.05) is 26.4 Å². The van der Waals surface area contributed by atoms with Crippen LogP contribution in [0, 0.1) is 0 Å². The van der Waals surface area contributed by atoms with E-state index in [1.54, 1.807) is 0 Å². The number of hydrogen-bond donors (Lipinski definition) is 2. The Morgan fingerprint density at radius 1 is 0.818 bits per heavy atom. The Labute approximate surface area is 197 Å². The van der Waals surface area contributed by atoms with Gasteiger partial charge in [0.15, 0.2) is 6.10 Å². The molecule has 11 heteroatoms. The highest BCUT2D eigenvalue weighted by molar-refractivity contribution is 7.45. The molecule has 196 valence electrons. The predicted molar refractivity (Wildman–Crippen MR) is 120 cm³/mol. The van der Waals surface area contributed by atoms with Crippen molar-refractivity contribution in [3.05, 3.63) is 0 Å². The first-order valence-corrected chi connectivity index (χ1v) is 13.4. The number of carbonyl (C=O) groups is 2. The quantitative estimate of drug-likeness (QED) is 0.130. The van der Waals surface area contributed by atoms with Crippen molar-refractivity contribution in [1.82, 2.24) is 0 Å². The number of esters is 2. The Hall–Kier alpha value is -1.03. The molecule has 0 aromatic rings. The van der Waals surface area contributed by atoms with Gasteiger partial charge in [-0.25, -0.2) is 0 Å². The van der Waals surface area contributed by atoms with Gasteiger partial charge in [-0.2, -0.15) is 0 Å². The fourth-order valence-corrected chi connectivity index (χ4v) is 3.58. The lowest BCUT2D eigenvalue weighted by Gasteiger charge is -2.26. The summed E-state index contributed by atoms with van der Waals surface area (Å²) in [6.07, 6.45) is 7.46. The summed E-state index contributed by atoms with van der Waals surface area (Å²) >= 11 is 0. The van der Waals surface area contributed by atoms with E-state index in [9.17, 15) is 24.2 Å². The normalized spacial score (nSPS) is 14.9. The maximum absolute atomic E-state index is 12.1. The molecule has 0 spiro atoms. The van der Waals surface area contributed by atoms with E-state index in [1.165, 1.54) is 0 Å². The fraction of sp³-hybridized carbons (Fsp3) is 0.909. The number of unbranched alkanes of at least 4 members (excludes halogenated alkanes) is 8. The van der Waals surface area contributed by atoms with Crippen LogP contribution in [-0.2, 0) is 32.7 Å². The van der Waals surface area contributed by atoms with Crippen molar-refractivity contribution < 1.29 is 47.8 Å². The van der Waals surface area contributed by atoms with Crippen LogP contribution in [0.4, 0.5) is 0 Å². The summed E-state index contributed by atoms with van der Waals surface area (Å²) in [6, 6.07) is 0. The smallest absolute Gasteiger partial charge is 0.306 e. The summed E-state index contributed by atoms with van der Waals surface area (Å²) < 4.78 is 31.4. The molecule has 0 rings (SSSR count). The molecule has 0 aromatic heterocycles. The molecule has 0 radical (unpaired) electrons. The highest BCUT2D eigenvalue weighted by Gasteiger charge is 2.21. The Morgan fingerprint density at radius 2 is 1.33 bits per heavy atom. The minimum absolute atomic E-state index is 0.166. The Balaban J connectivity index is 4.60. The van der Waals surface area contributed by atoms with Crippen molar-refractivity contribution >= 4 is 19.8 Å². The number of aliphatic hydroxyl groups is 2. The van der Waals surface area contributed by atoms with Gasteiger partial charge in [-0.15, -0.1) is 0 Å². The first-order chi connectivity index (χ1) is 15.7. The summed E-state index contributed by atoms with van der Waals surface area (Å²) in [5.41, 5.74) is 0. The maximum Gasteiger partial charge on any atom is 0.306 e. The third-order valence-corrected chi connectivity index (χ3v) is 5.68. The number of ether oxygens (including phenoxy) is 2. The van der Waals surface area contributed by atoms with Gasteiger partial charge >= 0.3 is 11.9 Å². The van der Waals surface area contributed by atoms with Gasteiger partial charge in [-0.05, 0) is 12.8 Å². The standard InChI is InChI=1S/C22H43O10P/c1-3-5-7-9-11-13-21(25)29-17-20(32-22(26)14-12-10-8-6-4-2)18-31-33(27,28)30-16-19(24)15-23/h19-20,23-24H,3-18H2,1-2H3,(H,27,28)/p-1/t19?,20-/m1/s1. The van der Waals surface area contributed by atoms with Gasteiger partial charge in [0, 0.05) is 12.8 Å². The predicted octanol–water partition coefficient (Wildman–Crippen LogP) is 3.02. The van der Waals surface area contributed by atoms with Crippen LogP contribution < -0.4 is 4.89 Å². The van der Waals surface area contributed by atoms with Gasteiger partial charge in [0.1, 0.15) is 12.7 Å². The molecule has 0 fully saturated rings. The van der Waals surface area contributed by atoms with E-state index in [4.69, 9.17) is 19.1 Å². The van der Waals surface area contributed by atoms with Gasteiger partial charge in [0.25, 0.3) is 7.82 Å². The SMILES string of the molecule is CCCCCCCC(=O)OC[C@H](COP(=O)([O-])OCC(O)CO)OC(=O)CCCCCCC. The summed E-state index contributed by atoms with van der Waals surface area (Å²) in [7, 11) is -4.82. The third-order valence-electron chi connectivity index (χ3n) is 4.75. The van der Waals surface area contributed by atoms with Crippen LogP contribution in [0.1, 0.15) is 90.9 Å². The summed E-state index contributed by atoms with van der Waals surface area (Å²) in [6.45, 7) is 1.91. The zero-order valence-electron chi connectivity index (χ0n) is 20.1. The molecule has 0 amide bonds.